The highest BCUT2D eigenvalue weighted by Crippen LogP contribution is 2.23. The largest absolute Gasteiger partial charge is 0.508 e. The lowest BCUT2D eigenvalue weighted by atomic mass is 10.00. The Labute approximate surface area is 193 Å². The van der Waals surface area contributed by atoms with Crippen molar-refractivity contribution in [2.75, 3.05) is 18.4 Å². The van der Waals surface area contributed by atoms with E-state index in [0.717, 1.165) is 0 Å². The van der Waals surface area contributed by atoms with Gasteiger partial charge >= 0.3 is 0 Å². The van der Waals surface area contributed by atoms with Gasteiger partial charge in [-0.05, 0) is 54.4 Å². The molecule has 6 nitrogen and oxygen atoms in total. The van der Waals surface area contributed by atoms with E-state index in [4.69, 9.17) is 0 Å². The summed E-state index contributed by atoms with van der Waals surface area (Å²) in [5.74, 6) is 0.501. The Kier molecular flexibility index (Phi) is 8.91. The van der Waals surface area contributed by atoms with Gasteiger partial charge in [0.25, 0.3) is 0 Å². The van der Waals surface area contributed by atoms with E-state index in [-0.39, 0.29) is 48.2 Å². The minimum Gasteiger partial charge on any atom is -0.508 e. The number of hydrogen-bond donors (Lipinski definition) is 4. The summed E-state index contributed by atoms with van der Waals surface area (Å²) in [6, 6.07) is 20.9. The SMILES string of the molecule is CCNC(=NCC(=O)Nc1ccc(O)cc1)NC(C)c1cccc2ccccc12.I. The molecule has 7 heteroatoms. The molecule has 0 heterocycles. The number of nitrogens with one attached hydrogen (secondary N) is 3. The van der Waals surface area contributed by atoms with Crippen LogP contribution in [-0.4, -0.2) is 30.1 Å². The maximum atomic E-state index is 12.2. The topological polar surface area (TPSA) is 85.8 Å². The van der Waals surface area contributed by atoms with Crippen molar-refractivity contribution in [3.8, 4) is 5.75 Å². The summed E-state index contributed by atoms with van der Waals surface area (Å²) in [7, 11) is 0. The van der Waals surface area contributed by atoms with E-state index < -0.39 is 0 Å². The van der Waals surface area contributed by atoms with Crippen LogP contribution in [0.2, 0.25) is 0 Å². The molecule has 0 spiro atoms. The van der Waals surface area contributed by atoms with Crippen molar-refractivity contribution < 1.29 is 9.90 Å². The zero-order valence-corrected chi connectivity index (χ0v) is 19.4. The van der Waals surface area contributed by atoms with Gasteiger partial charge in [0.05, 0.1) is 6.04 Å². The summed E-state index contributed by atoms with van der Waals surface area (Å²) in [5.41, 5.74) is 1.78. The smallest absolute Gasteiger partial charge is 0.246 e. The summed E-state index contributed by atoms with van der Waals surface area (Å²) in [6.07, 6.45) is 0. The molecule has 1 atom stereocenters. The van der Waals surface area contributed by atoms with Crippen LogP contribution in [0.25, 0.3) is 10.8 Å². The molecule has 0 aromatic heterocycles. The molecule has 0 aliphatic carbocycles. The van der Waals surface area contributed by atoms with Crippen molar-refractivity contribution in [2.45, 2.75) is 19.9 Å². The fourth-order valence-electron chi connectivity index (χ4n) is 3.13. The quantitative estimate of drug-likeness (QED) is 0.169. The number of rotatable bonds is 6. The third-order valence-corrected chi connectivity index (χ3v) is 4.52. The highest BCUT2D eigenvalue weighted by molar-refractivity contribution is 14.0. The molecule has 0 aliphatic rings. The van der Waals surface area contributed by atoms with E-state index in [0.29, 0.717) is 18.2 Å². The first kappa shape index (κ1) is 23.5. The van der Waals surface area contributed by atoms with Crippen LogP contribution in [0, 0.1) is 0 Å². The van der Waals surface area contributed by atoms with E-state index in [9.17, 15) is 9.90 Å². The van der Waals surface area contributed by atoms with Crippen molar-refractivity contribution in [1.29, 1.82) is 0 Å². The summed E-state index contributed by atoms with van der Waals surface area (Å²) < 4.78 is 0. The molecule has 0 saturated heterocycles. The number of phenolic OH excluding ortho intramolecular Hbond substituents is 1. The lowest BCUT2D eigenvalue weighted by molar-refractivity contribution is -0.114. The number of phenols is 1. The van der Waals surface area contributed by atoms with Gasteiger partial charge < -0.3 is 21.1 Å². The van der Waals surface area contributed by atoms with E-state index in [1.54, 1.807) is 12.1 Å². The van der Waals surface area contributed by atoms with E-state index in [1.807, 2.05) is 25.1 Å². The molecule has 4 N–H and O–H groups in total. The molecule has 3 aromatic rings. The number of hydrogen-bond acceptors (Lipinski definition) is 3. The van der Waals surface area contributed by atoms with Crippen molar-refractivity contribution >= 4 is 52.3 Å². The monoisotopic (exact) mass is 518 g/mol. The van der Waals surface area contributed by atoms with Gasteiger partial charge in [-0.15, -0.1) is 24.0 Å². The van der Waals surface area contributed by atoms with Crippen molar-refractivity contribution in [3.05, 3.63) is 72.3 Å². The summed E-state index contributed by atoms with van der Waals surface area (Å²) >= 11 is 0. The Bertz CT molecular complexity index is 1000. The maximum absolute atomic E-state index is 12.2. The van der Waals surface area contributed by atoms with E-state index in [2.05, 4.69) is 52.1 Å². The first-order valence-corrected chi connectivity index (χ1v) is 9.68. The third-order valence-electron chi connectivity index (χ3n) is 4.52. The Hall–Kier alpha value is -2.81. The van der Waals surface area contributed by atoms with Crippen molar-refractivity contribution in [3.63, 3.8) is 0 Å². The maximum Gasteiger partial charge on any atom is 0.246 e. The van der Waals surface area contributed by atoms with Crippen LogP contribution in [0.1, 0.15) is 25.5 Å². The second kappa shape index (κ2) is 11.4. The van der Waals surface area contributed by atoms with Crippen LogP contribution in [-0.2, 0) is 4.79 Å². The molecule has 0 saturated carbocycles. The Balaban J connectivity index is 0.00000320. The Morgan fingerprint density at radius 3 is 2.47 bits per heavy atom. The minimum atomic E-state index is -0.231. The molecule has 1 amide bonds. The first-order chi connectivity index (χ1) is 14.1. The molecule has 158 valence electrons. The number of aliphatic imine (C=N–C) groups is 1. The van der Waals surface area contributed by atoms with Gasteiger partial charge in [-0.3, -0.25) is 4.79 Å². The number of aromatic hydroxyl groups is 1. The zero-order chi connectivity index (χ0) is 20.6. The third kappa shape index (κ3) is 6.35. The molecular weight excluding hydrogens is 491 g/mol. The standard InChI is InChI=1S/C23H26N4O2.HI/c1-3-24-23(25-15-22(29)27-18-11-13-19(28)14-12-18)26-16(2)20-10-6-8-17-7-4-5-9-21(17)20;/h4-14,16,28H,3,15H2,1-2H3,(H,27,29)(H2,24,25,26);1H. The van der Waals surface area contributed by atoms with Crippen molar-refractivity contribution in [2.24, 2.45) is 4.99 Å². The number of nitrogens with zero attached hydrogens (tertiary/aromatic N) is 1. The van der Waals surface area contributed by atoms with Crippen LogP contribution < -0.4 is 16.0 Å². The average Bonchev–Trinajstić information content (AvgIpc) is 2.73. The molecule has 1 unspecified atom stereocenters. The second-order valence-electron chi connectivity index (χ2n) is 6.72. The summed E-state index contributed by atoms with van der Waals surface area (Å²) in [6.45, 7) is 4.73. The van der Waals surface area contributed by atoms with E-state index in [1.165, 1.54) is 28.5 Å². The van der Waals surface area contributed by atoms with Crippen LogP contribution in [0.5, 0.6) is 5.75 Å². The highest BCUT2D eigenvalue weighted by atomic mass is 127. The highest BCUT2D eigenvalue weighted by Gasteiger charge is 2.11. The molecule has 3 rings (SSSR count). The molecule has 3 aromatic carbocycles. The van der Waals surface area contributed by atoms with Crippen LogP contribution in [0.15, 0.2) is 71.7 Å². The predicted molar refractivity (Wildman–Crippen MR) is 134 cm³/mol. The number of benzene rings is 3. The second-order valence-corrected chi connectivity index (χ2v) is 6.72. The van der Waals surface area contributed by atoms with Gasteiger partial charge in [-0.2, -0.15) is 0 Å². The van der Waals surface area contributed by atoms with Gasteiger partial charge in [0.1, 0.15) is 12.3 Å². The molecule has 30 heavy (non-hydrogen) atoms. The summed E-state index contributed by atoms with van der Waals surface area (Å²) in [4.78, 5) is 16.6. The number of carbonyl (C=O) groups is 1. The summed E-state index contributed by atoms with van der Waals surface area (Å²) in [5, 5.41) is 21.0. The van der Waals surface area contributed by atoms with Gasteiger partial charge in [-0.25, -0.2) is 4.99 Å². The minimum absolute atomic E-state index is 0. The van der Waals surface area contributed by atoms with Crippen LogP contribution in [0.4, 0.5) is 5.69 Å². The lowest BCUT2D eigenvalue weighted by Gasteiger charge is -2.19. The van der Waals surface area contributed by atoms with E-state index >= 15 is 0 Å². The molecule has 0 radical (unpaired) electrons. The fourth-order valence-corrected chi connectivity index (χ4v) is 3.13. The fraction of sp³-hybridized carbons (Fsp3) is 0.217. The van der Waals surface area contributed by atoms with Crippen LogP contribution >= 0.6 is 24.0 Å². The molecular formula is C23H27IN4O2. The van der Waals surface area contributed by atoms with Gasteiger partial charge in [0.15, 0.2) is 5.96 Å². The number of halogens is 1. The number of amides is 1. The molecule has 0 bridgehead atoms. The van der Waals surface area contributed by atoms with Crippen molar-refractivity contribution in [1.82, 2.24) is 10.6 Å². The Morgan fingerprint density at radius 2 is 1.73 bits per heavy atom. The van der Waals surface area contributed by atoms with Gasteiger partial charge in [0.2, 0.25) is 5.91 Å². The number of carbonyl (C=O) groups excluding carboxylic acids is 1. The lowest BCUT2D eigenvalue weighted by Crippen LogP contribution is -2.39. The number of guanidine groups is 1. The Morgan fingerprint density at radius 1 is 1.03 bits per heavy atom. The average molecular weight is 518 g/mol. The molecule has 0 fully saturated rings. The van der Waals surface area contributed by atoms with Gasteiger partial charge in [-0.1, -0.05) is 42.5 Å². The predicted octanol–water partition coefficient (Wildman–Crippen LogP) is 4.42. The number of anilines is 1. The normalized spacial score (nSPS) is 12.0. The van der Waals surface area contributed by atoms with Gasteiger partial charge in [0, 0.05) is 12.2 Å². The zero-order valence-electron chi connectivity index (χ0n) is 17.1. The van der Waals surface area contributed by atoms with Crippen LogP contribution in [0.3, 0.4) is 0 Å². The number of fused-ring (bicyclic) bond motifs is 1. The molecule has 0 aliphatic heterocycles. The first-order valence-electron chi connectivity index (χ1n) is 9.68.